The zero-order valence-electron chi connectivity index (χ0n) is 33.8. The van der Waals surface area contributed by atoms with Gasteiger partial charge >= 0.3 is 5.97 Å². The van der Waals surface area contributed by atoms with Crippen LogP contribution in [0.1, 0.15) is 44.9 Å². The highest BCUT2D eigenvalue weighted by molar-refractivity contribution is 6.30. The van der Waals surface area contributed by atoms with E-state index in [0.717, 1.165) is 49.3 Å². The lowest BCUT2D eigenvalue weighted by atomic mass is 9.96. The van der Waals surface area contributed by atoms with E-state index < -0.39 is 29.2 Å². The molecule has 1 aliphatic carbocycles. The van der Waals surface area contributed by atoms with E-state index in [-0.39, 0.29) is 26.2 Å². The zero-order chi connectivity index (χ0) is 42.0. The Balaban J connectivity index is 0.960. The van der Waals surface area contributed by atoms with Crippen LogP contribution >= 0.6 is 0 Å². The van der Waals surface area contributed by atoms with E-state index in [0.29, 0.717) is 117 Å². The molecule has 0 aliphatic heterocycles. The third-order valence-corrected chi connectivity index (χ3v) is 8.28. The molecule has 0 radical (unpaired) electrons. The summed E-state index contributed by atoms with van der Waals surface area (Å²) in [4.78, 5) is 16.0. The number of esters is 1. The van der Waals surface area contributed by atoms with E-state index in [1.807, 2.05) is 24.3 Å². The van der Waals surface area contributed by atoms with Crippen LogP contribution in [0.15, 0.2) is 46.5 Å². The molecule has 2 N–H and O–H groups in total. The number of rotatable bonds is 37. The van der Waals surface area contributed by atoms with Crippen LogP contribution in [0.4, 0.5) is 13.2 Å². The van der Waals surface area contributed by atoms with Gasteiger partial charge in [0.2, 0.25) is 5.75 Å². The van der Waals surface area contributed by atoms with Crippen LogP contribution in [0.3, 0.4) is 0 Å². The zero-order valence-corrected chi connectivity index (χ0v) is 33.8. The number of nitrogens with two attached hydrogens (primary N) is 1. The third kappa shape index (κ3) is 24.7. The van der Waals surface area contributed by atoms with Gasteiger partial charge < -0.3 is 57.9 Å². The average molecular weight is 844 g/mol. The molecule has 0 amide bonds. The van der Waals surface area contributed by atoms with Crippen molar-refractivity contribution in [2.75, 3.05) is 119 Å². The summed E-state index contributed by atoms with van der Waals surface area (Å²) >= 11 is 0. The van der Waals surface area contributed by atoms with Gasteiger partial charge in [0.05, 0.1) is 137 Å². The van der Waals surface area contributed by atoms with Crippen LogP contribution in [-0.2, 0) is 42.7 Å². The minimum atomic E-state index is -1.30. The maximum Gasteiger partial charge on any atom is 0.313 e. The van der Waals surface area contributed by atoms with E-state index in [1.165, 1.54) is 6.42 Å². The maximum absolute atomic E-state index is 13.5. The van der Waals surface area contributed by atoms with Gasteiger partial charge in [0.15, 0.2) is 11.6 Å². The molecule has 2 aromatic rings. The molecule has 0 unspecified atom stereocenters. The first-order valence-corrected chi connectivity index (χ1v) is 20.1. The van der Waals surface area contributed by atoms with E-state index in [2.05, 4.69) is 14.8 Å². The van der Waals surface area contributed by atoms with Crippen LogP contribution in [0.25, 0.3) is 0 Å². The molecule has 3 rings (SSSR count). The van der Waals surface area contributed by atoms with Gasteiger partial charge in [0, 0.05) is 18.3 Å². The molecule has 0 aromatic heterocycles. The summed E-state index contributed by atoms with van der Waals surface area (Å²) in [5.41, 5.74) is 0.738. The quantitative estimate of drug-likeness (QED) is 0.0239. The number of carbonyl (C=O) groups excluding carboxylic acids is 1. The van der Waals surface area contributed by atoms with Gasteiger partial charge in [-0.1, -0.05) is 0 Å². The number of ether oxygens (including phenoxy) is 11. The number of unbranched alkanes of at least 4 members (excludes halogenated alkanes) is 1. The Morgan fingerprint density at radius 2 is 1.10 bits per heavy atom. The van der Waals surface area contributed by atoms with Crippen molar-refractivity contribution in [2.24, 2.45) is 15.9 Å². The lowest BCUT2D eigenvalue weighted by Gasteiger charge is -2.26. The van der Waals surface area contributed by atoms with E-state index >= 15 is 0 Å². The minimum Gasteiger partial charge on any atom is -0.494 e. The fraction of sp³-hybridized carbons (Fsp3) is 0.634. The summed E-state index contributed by atoms with van der Waals surface area (Å²) in [5, 5.41) is 3.83. The highest BCUT2D eigenvalue weighted by Gasteiger charge is 2.19. The van der Waals surface area contributed by atoms with Gasteiger partial charge in [-0.25, -0.2) is 13.2 Å². The second-order valence-corrected chi connectivity index (χ2v) is 12.9. The molecule has 1 aliphatic rings. The molecule has 59 heavy (non-hydrogen) atoms. The van der Waals surface area contributed by atoms with Crippen molar-refractivity contribution in [3.63, 3.8) is 0 Å². The summed E-state index contributed by atoms with van der Waals surface area (Å²) in [6, 6.07) is 8.66. The monoisotopic (exact) mass is 843 g/mol. The number of nitrogens with zero attached hydrogens (tertiary/aromatic N) is 2. The first-order valence-electron chi connectivity index (χ1n) is 20.1. The van der Waals surface area contributed by atoms with Crippen LogP contribution in [-0.4, -0.2) is 143 Å². The molecule has 0 heterocycles. The number of benzene rings is 2. The second kappa shape index (κ2) is 32.9. The predicted molar refractivity (Wildman–Crippen MR) is 212 cm³/mol. The van der Waals surface area contributed by atoms with E-state index in [4.69, 9.17) is 53.2 Å². The van der Waals surface area contributed by atoms with Gasteiger partial charge in [-0.3, -0.25) is 9.79 Å². The molecule has 0 atom stereocenters. The Kier molecular flexibility index (Phi) is 27.6. The second-order valence-electron chi connectivity index (χ2n) is 12.9. The van der Waals surface area contributed by atoms with E-state index in [9.17, 15) is 18.0 Å². The Bertz CT molecular complexity index is 1430. The average Bonchev–Trinajstić information content (AvgIpc) is 3.21. The first kappa shape index (κ1) is 49.5. The normalized spacial score (nSPS) is 13.2. The Hall–Kier alpha value is -3.88. The highest BCUT2D eigenvalue weighted by atomic mass is 19.1. The van der Waals surface area contributed by atoms with Crippen molar-refractivity contribution in [3.8, 4) is 17.2 Å². The molecule has 0 saturated heterocycles. The lowest BCUT2D eigenvalue weighted by Crippen LogP contribution is -2.24. The topological polar surface area (TPSA) is 169 Å². The SMILES string of the molecule is N/N=C(\C=NCCOCCOCCOCCOCCOCCOCCOCCOCCC(=O)Oc1c(F)cc(F)cc1F)CCCCOc1ccc(OC2CCC2)cc1. The number of hydrazone groups is 1. The van der Waals surface area contributed by atoms with Crippen molar-refractivity contribution in [3.05, 3.63) is 53.8 Å². The lowest BCUT2D eigenvalue weighted by molar-refractivity contribution is -0.136. The van der Waals surface area contributed by atoms with E-state index in [1.54, 1.807) is 6.21 Å². The number of hydrogen-bond acceptors (Lipinski definition) is 15. The number of halogens is 3. The third-order valence-electron chi connectivity index (χ3n) is 8.28. The number of carbonyl (C=O) groups is 1. The summed E-state index contributed by atoms with van der Waals surface area (Å²) in [6.07, 6.45) is 7.84. The van der Waals surface area contributed by atoms with Crippen molar-refractivity contribution < 1.29 is 70.1 Å². The smallest absolute Gasteiger partial charge is 0.313 e. The molecule has 1 fully saturated rings. The number of hydrogen-bond donors (Lipinski definition) is 1. The largest absolute Gasteiger partial charge is 0.494 e. The molecule has 332 valence electrons. The summed E-state index contributed by atoms with van der Waals surface area (Å²) < 4.78 is 99.7. The van der Waals surface area contributed by atoms with Crippen molar-refractivity contribution in [1.29, 1.82) is 0 Å². The van der Waals surface area contributed by atoms with Gasteiger partial charge in [-0.15, -0.1) is 0 Å². The fourth-order valence-electron chi connectivity index (χ4n) is 4.93. The highest BCUT2D eigenvalue weighted by Crippen LogP contribution is 2.26. The Morgan fingerprint density at radius 3 is 1.58 bits per heavy atom. The predicted octanol–water partition coefficient (Wildman–Crippen LogP) is 5.10. The fourth-order valence-corrected chi connectivity index (χ4v) is 4.93. The Morgan fingerprint density at radius 1 is 0.627 bits per heavy atom. The Labute approximate surface area is 344 Å². The first-order chi connectivity index (χ1) is 28.9. The van der Waals surface area contributed by atoms with Crippen LogP contribution < -0.4 is 20.1 Å². The van der Waals surface area contributed by atoms with Crippen molar-refractivity contribution in [2.45, 2.75) is 51.0 Å². The van der Waals surface area contributed by atoms with Gasteiger partial charge in [0.1, 0.15) is 17.3 Å². The standard InChI is InChI=1S/C41H60F3N3O12/c42-33-30-38(43)41(39(44)31-33)59-40(48)11-14-49-16-18-51-20-22-53-24-26-55-28-29-56-27-25-54-23-21-52-19-17-50-15-12-46-32-34(47-45)4-1-2-13-57-35-7-9-37(10-8-35)58-36-5-3-6-36/h7-10,30-32,36H,1-6,11-29,45H2/b46-32?,47-34-. The molecular formula is C41H60F3N3O12. The van der Waals surface area contributed by atoms with Crippen molar-refractivity contribution in [1.82, 2.24) is 0 Å². The molecule has 1 saturated carbocycles. The minimum absolute atomic E-state index is 0.0381. The van der Waals surface area contributed by atoms with Gasteiger partial charge in [-0.05, 0) is 62.8 Å². The van der Waals surface area contributed by atoms with Gasteiger partial charge in [-0.2, -0.15) is 5.10 Å². The van der Waals surface area contributed by atoms with Crippen LogP contribution in [0.5, 0.6) is 17.2 Å². The summed E-state index contributed by atoms with van der Waals surface area (Å²) in [7, 11) is 0. The molecule has 15 nitrogen and oxygen atoms in total. The molecular weight excluding hydrogens is 783 g/mol. The van der Waals surface area contributed by atoms with Gasteiger partial charge in [0.25, 0.3) is 0 Å². The van der Waals surface area contributed by atoms with Crippen molar-refractivity contribution >= 4 is 17.9 Å². The summed E-state index contributed by atoms with van der Waals surface area (Å²) in [6.45, 7) is 7.13. The summed E-state index contributed by atoms with van der Waals surface area (Å²) in [5.74, 6) is 1.68. The van der Waals surface area contributed by atoms with Crippen LogP contribution in [0, 0.1) is 17.5 Å². The molecule has 0 bridgehead atoms. The molecule has 18 heteroatoms. The molecule has 0 spiro atoms. The molecule has 2 aromatic carbocycles. The van der Waals surface area contributed by atoms with Crippen LogP contribution in [0.2, 0.25) is 0 Å². The number of aliphatic imine (C=N–C) groups is 1. The maximum atomic E-state index is 13.5.